The second-order valence-corrected chi connectivity index (χ2v) is 31.4. The van der Waals surface area contributed by atoms with Crippen LogP contribution < -0.4 is 65.5 Å². The number of likely N-dealkylation sites (N-methyl/N-ethyl adjacent to an activating group) is 1. The molecule has 0 unspecified atom stereocenters. The summed E-state index contributed by atoms with van der Waals surface area (Å²) in [7, 11) is 1.68. The van der Waals surface area contributed by atoms with Gasteiger partial charge in [0.05, 0.1) is 49.3 Å². The van der Waals surface area contributed by atoms with E-state index < -0.39 is 138 Å². The molecule has 1 aliphatic heterocycles. The molecule has 0 aromatic heterocycles. The molecule has 0 aliphatic carbocycles. The molecule has 25 nitrogen and oxygen atoms in total. The highest BCUT2D eigenvalue weighted by molar-refractivity contribution is 6.41. The van der Waals surface area contributed by atoms with Gasteiger partial charge < -0.3 is 70.2 Å². The molecule has 1 saturated heterocycles. The van der Waals surface area contributed by atoms with E-state index in [1.54, 1.807) is 7.05 Å². The van der Waals surface area contributed by atoms with E-state index in [1.165, 1.54) is 0 Å². The smallest absolute Gasteiger partial charge is 0.243 e. The Bertz CT molecular complexity index is 3970. The molecular weight excluding hydrogens is 1480 g/mol. The molecule has 1 aliphatic rings. The molecule has 6 aromatic rings. The van der Waals surface area contributed by atoms with Crippen molar-refractivity contribution in [3.63, 3.8) is 0 Å². The Hall–Kier alpha value is -10.6. The maximum absolute atomic E-state index is 14.3. The zero-order chi connectivity index (χ0) is 87.9. The summed E-state index contributed by atoms with van der Waals surface area (Å²) in [5.74, 6) is -8.15. The fourth-order valence-electron chi connectivity index (χ4n) is 13.5. The summed E-state index contributed by atoms with van der Waals surface area (Å²) in [4.78, 5) is 174. The number of ketones is 5. The number of aldehydes is 1. The van der Waals surface area contributed by atoms with Crippen LogP contribution >= 0.6 is 0 Å². The average molecular weight is 1610 g/mol. The predicted molar refractivity (Wildman–Crippen MR) is 455 cm³/mol. The molecule has 7 rings (SSSR count). The summed E-state index contributed by atoms with van der Waals surface area (Å²) >= 11 is 0. The number of rotatable bonds is 40. The molecule has 0 bridgehead atoms. The Labute approximate surface area is 694 Å². The highest BCUT2D eigenvalue weighted by Crippen LogP contribution is 2.23. The molecular formula is C92H126N12O13. The van der Waals surface area contributed by atoms with Crippen molar-refractivity contribution in [2.45, 2.75) is 205 Å². The molecule has 1 heterocycles. The van der Waals surface area contributed by atoms with E-state index in [1.807, 2.05) is 224 Å². The Morgan fingerprint density at radius 3 is 1.20 bits per heavy atom. The van der Waals surface area contributed by atoms with Gasteiger partial charge in [-0.1, -0.05) is 230 Å². The van der Waals surface area contributed by atoms with Crippen molar-refractivity contribution < 1.29 is 66.5 Å². The minimum Gasteiger partial charge on any atom is -0.355 e. The standard InChI is InChI=1S/C67H91N9O10.C16H24N2O2.C9H11NO/c1-44(2)33-56(75-64(83)51(35-46-21-9-5-10-22-46)40-58(77)53(68)37-48-25-13-7-14-26-48)60(79)39-50-29-17-19-31-70-62(81)43-73-66(85)55(30-18-20-32-71-61(80)42-72-63(50)82)74-67(86)57(34-45(3)4)76-65(84)52(36-47-23-11-6-12-24-47)41-59(78)54(69)38-49-27-15-8-16-28-49;1-11(2)9-14(18-3)16(20)15(19)13(17)10-12-7-5-4-6-8-12;10-9(7-11)6-8-4-2-1-3-5-8/h5-16,21-28,44-45,50-57H,17-20,29-43,68-69H2,1-4H3,(H,70,81)(H,71,80)(H,72,82)(H,73,85)(H,74,86)(H,75,83)(H,76,84);4-8,11,13-14,18H,9-10,17H2,1-3H3;1-5,7,9H,6,10H2/t50-,51-,52-,53+,54+,55+,56+,57+;13-,14-;9-/m000/s1/i;;7D/hD2. The van der Waals surface area contributed by atoms with Gasteiger partial charge in [0.2, 0.25) is 52.9 Å². The zero-order valence-corrected chi connectivity index (χ0v) is 68.9. The van der Waals surface area contributed by atoms with Crippen molar-refractivity contribution in [2.24, 2.45) is 58.4 Å². The van der Waals surface area contributed by atoms with Crippen LogP contribution in [0.1, 0.15) is 153 Å². The van der Waals surface area contributed by atoms with E-state index in [2.05, 4.69) is 54.0 Å². The third-order valence-corrected chi connectivity index (χ3v) is 19.9. The highest BCUT2D eigenvalue weighted by Gasteiger charge is 2.35. The first-order valence-electron chi connectivity index (χ1n) is 42.4. The molecule has 11 atom stereocenters. The molecule has 6 aromatic carbocycles. The molecule has 117 heavy (non-hydrogen) atoms. The van der Waals surface area contributed by atoms with Crippen LogP contribution in [-0.4, -0.2) is 158 Å². The normalized spacial score (nSPS) is 17.2. The van der Waals surface area contributed by atoms with Crippen LogP contribution in [0.15, 0.2) is 182 Å². The lowest BCUT2D eigenvalue weighted by Gasteiger charge is -2.26. The summed E-state index contributed by atoms with van der Waals surface area (Å²) in [5.41, 5.74) is 22.4. The summed E-state index contributed by atoms with van der Waals surface area (Å²) in [5, 5.41) is 22.4. The van der Waals surface area contributed by atoms with Crippen molar-refractivity contribution in [1.29, 1.82) is 0 Å². The monoisotopic (exact) mass is 1610 g/mol. The van der Waals surface area contributed by atoms with Crippen molar-refractivity contribution in [3.05, 3.63) is 215 Å². The predicted octanol–water partition coefficient (Wildman–Crippen LogP) is 6.79. The molecule has 0 spiro atoms. The van der Waals surface area contributed by atoms with Crippen molar-refractivity contribution in [1.82, 2.24) is 42.5 Å². The summed E-state index contributed by atoms with van der Waals surface area (Å²) in [6.45, 7) is 11.1. The molecule has 16 N–H and O–H groups in total. The summed E-state index contributed by atoms with van der Waals surface area (Å²) < 4.78 is 21.0. The van der Waals surface area contributed by atoms with Gasteiger partial charge in [-0.25, -0.2) is 0 Å². The number of hydrogen-bond donors (Lipinski definition) is 12. The van der Waals surface area contributed by atoms with Crippen LogP contribution in [0, 0.1) is 35.5 Å². The van der Waals surface area contributed by atoms with Crippen molar-refractivity contribution >= 4 is 76.5 Å². The minimum atomic E-state index is -1.14. The first-order chi connectivity index (χ1) is 57.5. The van der Waals surface area contributed by atoms with E-state index in [9.17, 15) is 62.3 Å². The number of carbonyl (C=O) groups excluding carboxylic acids is 13. The minimum absolute atomic E-state index is 0.0424. The number of nitrogens with two attached hydrogens (primary N) is 4. The lowest BCUT2D eigenvalue weighted by Crippen LogP contribution is -2.55. The van der Waals surface area contributed by atoms with Crippen LogP contribution in [0.3, 0.4) is 0 Å². The second kappa shape index (κ2) is 53.6. The van der Waals surface area contributed by atoms with E-state index in [0.29, 0.717) is 63.7 Å². The van der Waals surface area contributed by atoms with Gasteiger partial charge in [-0.3, -0.25) is 57.5 Å². The molecule has 0 saturated carbocycles. The largest absolute Gasteiger partial charge is 0.355 e. The third-order valence-electron chi connectivity index (χ3n) is 19.9. The first-order valence-corrected chi connectivity index (χ1v) is 40.9. The number of benzene rings is 6. The van der Waals surface area contributed by atoms with Gasteiger partial charge in [-0.2, -0.15) is 0 Å². The number of Topliss-reactive ketones (excluding diaryl/α,β-unsaturated/α-hetero) is 5. The maximum Gasteiger partial charge on any atom is 0.243 e. The van der Waals surface area contributed by atoms with Crippen LogP contribution in [0.2, 0.25) is 2.82 Å². The van der Waals surface area contributed by atoms with Crippen molar-refractivity contribution in [3.8, 4) is 0 Å². The number of carbonyl (C=O) groups is 13. The number of nitrogens with one attached hydrogen (secondary N) is 8. The van der Waals surface area contributed by atoms with E-state index in [4.69, 9.17) is 15.7 Å². The number of hydrogen-bond acceptors (Lipinski definition) is 18. The quantitative estimate of drug-likeness (QED) is 0.0139. The van der Waals surface area contributed by atoms with Gasteiger partial charge >= 0.3 is 0 Å². The van der Waals surface area contributed by atoms with Gasteiger partial charge in [0, 0.05) is 50.1 Å². The lowest BCUT2D eigenvalue weighted by molar-refractivity contribution is -0.138. The lowest BCUT2D eigenvalue weighted by atomic mass is 9.87. The summed E-state index contributed by atoms with van der Waals surface area (Å²) in [6, 6.07) is 49.1. The average Bonchev–Trinajstić information content (AvgIpc) is 0.867. The van der Waals surface area contributed by atoms with Gasteiger partial charge in [0.25, 0.3) is 0 Å². The summed E-state index contributed by atoms with van der Waals surface area (Å²) in [6.07, 6.45) is 3.27. The molecule has 0 radical (unpaired) electrons. The number of amides is 7. The van der Waals surface area contributed by atoms with Gasteiger partial charge in [-0.05, 0) is 148 Å². The SMILES string of the molecule is CC(C)C[C@@H](NC(=O)[C@H](CC(=O)[C@H](N)Cc1ccccc1)Cc1ccccc1)C(=O)C[C@@H]1CCCCNC(=O)CNC(=O)[C@H](NC(=O)[C@@H](CC(C)C)NC(=O)[C@H](CC(=O)[C@H](N)Cc2ccccc2)Cc2ccccc2)CCCCNC(=O)CNC1=O.[2H]N[C@@H](Cc1ccccc1)C(=O)C(=O)[C@H](CC(C)C)NC.[2H]N[C@@H](Cc1ccccc1)C([2H])=O. The topological polar surface area (TPSA) is 422 Å². The Morgan fingerprint density at radius 1 is 0.436 bits per heavy atom. The first kappa shape index (κ1) is 91.9. The molecule has 1 fully saturated rings. The fourth-order valence-corrected chi connectivity index (χ4v) is 13.5. The highest BCUT2D eigenvalue weighted by atomic mass is 16.2. The van der Waals surface area contributed by atoms with E-state index in [-0.39, 0.29) is 100 Å². The third kappa shape index (κ3) is 38.4. The zero-order valence-electron chi connectivity index (χ0n) is 71.9. The second-order valence-electron chi connectivity index (χ2n) is 31.4. The maximum atomic E-state index is 14.3. The van der Waals surface area contributed by atoms with Gasteiger partial charge in [-0.15, -0.1) is 0 Å². The molecule has 632 valence electrons. The fraction of sp³-hybridized carbons (Fsp3) is 0.467. The molecule has 7 amide bonds. The van der Waals surface area contributed by atoms with Crippen LogP contribution in [0.4, 0.5) is 0 Å². The van der Waals surface area contributed by atoms with Crippen LogP contribution in [-0.2, 0) is 101 Å². The van der Waals surface area contributed by atoms with Crippen molar-refractivity contribution in [2.75, 3.05) is 33.2 Å². The Balaban J connectivity index is 0.000000616. The van der Waals surface area contributed by atoms with Gasteiger partial charge in [0.1, 0.15) is 22.5 Å². The molecule has 25 heteroatoms. The van der Waals surface area contributed by atoms with E-state index in [0.717, 1.165) is 33.4 Å². The van der Waals surface area contributed by atoms with E-state index >= 15 is 0 Å². The Morgan fingerprint density at radius 2 is 0.803 bits per heavy atom. The van der Waals surface area contributed by atoms with Crippen LogP contribution in [0.5, 0.6) is 0 Å². The van der Waals surface area contributed by atoms with Gasteiger partial charge in [0.15, 0.2) is 17.3 Å². The Kier molecular flexibility index (Phi) is 42.1. The van der Waals surface area contributed by atoms with Crippen LogP contribution in [0.25, 0.3) is 0 Å².